The van der Waals surface area contributed by atoms with Crippen molar-refractivity contribution in [3.05, 3.63) is 35.5 Å². The molecule has 2 aliphatic heterocycles. The number of fused-ring (bicyclic) bond motifs is 1. The first kappa shape index (κ1) is 17.0. The summed E-state index contributed by atoms with van der Waals surface area (Å²) < 4.78 is 17.3. The fraction of sp³-hybridized carbons (Fsp3) is 0.500. The van der Waals surface area contributed by atoms with E-state index in [0.29, 0.717) is 12.9 Å². The third-order valence-electron chi connectivity index (χ3n) is 6.18. The molecule has 1 saturated carbocycles. The lowest BCUT2D eigenvalue weighted by Crippen LogP contribution is -2.30. The molecule has 0 bridgehead atoms. The van der Waals surface area contributed by atoms with Gasteiger partial charge in [-0.25, -0.2) is 0 Å². The van der Waals surface area contributed by atoms with E-state index in [2.05, 4.69) is 22.3 Å². The molecular formula is C20H23BN2O4. The largest absolute Gasteiger partial charge is 0.493 e. The Labute approximate surface area is 159 Å². The van der Waals surface area contributed by atoms with E-state index in [1.165, 1.54) is 18.4 Å². The molecule has 0 amide bonds. The van der Waals surface area contributed by atoms with Crippen molar-refractivity contribution in [2.75, 3.05) is 13.7 Å². The summed E-state index contributed by atoms with van der Waals surface area (Å²) in [6, 6.07) is 6.09. The molecule has 5 rings (SSSR count). The van der Waals surface area contributed by atoms with Crippen molar-refractivity contribution in [3.8, 4) is 22.8 Å². The fourth-order valence-electron chi connectivity index (χ4n) is 4.74. The molecule has 1 atom stereocenters. The van der Waals surface area contributed by atoms with Crippen molar-refractivity contribution in [3.63, 3.8) is 0 Å². The summed E-state index contributed by atoms with van der Waals surface area (Å²) in [5, 5.41) is 18.3. The van der Waals surface area contributed by atoms with Crippen LogP contribution in [0.25, 0.3) is 11.3 Å². The van der Waals surface area contributed by atoms with Crippen LogP contribution in [-0.4, -0.2) is 41.7 Å². The van der Waals surface area contributed by atoms with Crippen LogP contribution in [0.1, 0.15) is 42.7 Å². The summed E-state index contributed by atoms with van der Waals surface area (Å²) in [4.78, 5) is 0. The Hall–Kier alpha value is -2.12. The number of ether oxygens (including phenoxy) is 2. The maximum atomic E-state index is 9.66. The highest BCUT2D eigenvalue weighted by molar-refractivity contribution is 6.43. The maximum absolute atomic E-state index is 9.66. The summed E-state index contributed by atoms with van der Waals surface area (Å²) in [5.74, 6) is 1.80. The molecule has 6 nitrogen and oxygen atoms in total. The van der Waals surface area contributed by atoms with Crippen LogP contribution < -0.4 is 9.47 Å². The van der Waals surface area contributed by atoms with Gasteiger partial charge in [0.25, 0.3) is 0 Å². The lowest BCUT2D eigenvalue weighted by molar-refractivity contribution is 0.0996. The van der Waals surface area contributed by atoms with E-state index in [9.17, 15) is 5.02 Å². The van der Waals surface area contributed by atoms with Gasteiger partial charge in [-0.3, -0.25) is 0 Å². The van der Waals surface area contributed by atoms with Crippen molar-refractivity contribution in [2.45, 2.75) is 49.9 Å². The Morgan fingerprint density at radius 3 is 2.89 bits per heavy atom. The van der Waals surface area contributed by atoms with Crippen molar-refractivity contribution in [1.82, 2.24) is 10.2 Å². The van der Waals surface area contributed by atoms with E-state index in [0.717, 1.165) is 47.6 Å². The Morgan fingerprint density at radius 1 is 1.30 bits per heavy atom. The normalized spacial score (nSPS) is 22.9. The highest BCUT2D eigenvalue weighted by Crippen LogP contribution is 2.51. The molecule has 3 heterocycles. The molecule has 7 heteroatoms. The predicted molar refractivity (Wildman–Crippen MR) is 101 cm³/mol. The molecule has 2 aromatic rings. The second-order valence-corrected chi connectivity index (χ2v) is 7.89. The maximum Gasteiger partial charge on any atom is 0.454 e. The zero-order valence-electron chi connectivity index (χ0n) is 15.5. The van der Waals surface area contributed by atoms with E-state index in [-0.39, 0.29) is 11.5 Å². The number of rotatable bonds is 3. The van der Waals surface area contributed by atoms with Crippen LogP contribution in [0, 0.1) is 0 Å². The molecule has 1 N–H and O–H groups in total. The molecule has 1 saturated heterocycles. The van der Waals surface area contributed by atoms with Gasteiger partial charge in [-0.05, 0) is 55.8 Å². The van der Waals surface area contributed by atoms with Gasteiger partial charge in [-0.1, -0.05) is 0 Å². The van der Waals surface area contributed by atoms with Crippen LogP contribution in [0.2, 0.25) is 6.32 Å². The number of aromatic nitrogens is 2. The molecule has 3 aliphatic rings. The number of hydrogen-bond donors (Lipinski definition) is 1. The molecule has 1 unspecified atom stereocenters. The zero-order valence-corrected chi connectivity index (χ0v) is 15.5. The minimum atomic E-state index is -0.688. The first-order valence-electron chi connectivity index (χ1n) is 9.69. The average Bonchev–Trinajstić information content (AvgIpc) is 3.41. The minimum Gasteiger partial charge on any atom is -0.493 e. The second kappa shape index (κ2) is 6.50. The Balaban J connectivity index is 1.54. The second-order valence-electron chi connectivity index (χ2n) is 7.89. The molecule has 1 aromatic heterocycles. The zero-order chi connectivity index (χ0) is 18.4. The number of methoxy groups -OCH3 is 1. The van der Waals surface area contributed by atoms with E-state index < -0.39 is 7.12 Å². The van der Waals surface area contributed by atoms with E-state index in [4.69, 9.17) is 14.1 Å². The van der Waals surface area contributed by atoms with E-state index >= 15 is 0 Å². The van der Waals surface area contributed by atoms with Gasteiger partial charge in [0.2, 0.25) is 0 Å². The van der Waals surface area contributed by atoms with Gasteiger partial charge in [0.1, 0.15) is 5.60 Å². The summed E-state index contributed by atoms with van der Waals surface area (Å²) in [5.41, 5.74) is 4.04. The fourth-order valence-corrected chi connectivity index (χ4v) is 4.74. The van der Waals surface area contributed by atoms with Gasteiger partial charge >= 0.3 is 7.12 Å². The van der Waals surface area contributed by atoms with Gasteiger partial charge in [0.05, 0.1) is 19.0 Å². The van der Waals surface area contributed by atoms with Crippen LogP contribution in [0.5, 0.6) is 11.5 Å². The first-order valence-corrected chi connectivity index (χ1v) is 9.69. The number of benzene rings is 1. The molecule has 1 aromatic carbocycles. The van der Waals surface area contributed by atoms with Crippen molar-refractivity contribution in [2.24, 2.45) is 0 Å². The molecular weight excluding hydrogens is 343 g/mol. The topological polar surface area (TPSA) is 73.7 Å². The van der Waals surface area contributed by atoms with Gasteiger partial charge in [-0.15, -0.1) is 0 Å². The lowest BCUT2D eigenvalue weighted by atomic mass is 9.80. The molecule has 1 spiro atoms. The summed E-state index contributed by atoms with van der Waals surface area (Å²) in [7, 11) is 0.997. The monoisotopic (exact) mass is 366 g/mol. The van der Waals surface area contributed by atoms with Gasteiger partial charge in [-0.2, -0.15) is 10.2 Å². The van der Waals surface area contributed by atoms with Crippen molar-refractivity contribution >= 4 is 7.12 Å². The minimum absolute atomic E-state index is 0.0832. The first-order chi connectivity index (χ1) is 13.2. The molecule has 1 aliphatic carbocycles. The highest BCUT2D eigenvalue weighted by Gasteiger charge is 2.44. The lowest BCUT2D eigenvalue weighted by Gasteiger charge is -2.22. The van der Waals surface area contributed by atoms with Crippen LogP contribution in [-0.2, 0) is 11.1 Å². The Kier molecular flexibility index (Phi) is 4.09. The molecule has 2 fully saturated rings. The summed E-state index contributed by atoms with van der Waals surface area (Å²) >= 11 is 0. The smallest absolute Gasteiger partial charge is 0.454 e. The Morgan fingerprint density at radius 2 is 2.15 bits per heavy atom. The van der Waals surface area contributed by atoms with E-state index in [1.807, 2.05) is 6.07 Å². The predicted octanol–water partition coefficient (Wildman–Crippen LogP) is 2.99. The highest BCUT2D eigenvalue weighted by atomic mass is 16.5. The van der Waals surface area contributed by atoms with Crippen LogP contribution >= 0.6 is 0 Å². The van der Waals surface area contributed by atoms with Gasteiger partial charge in [0.15, 0.2) is 11.5 Å². The molecule has 140 valence electrons. The van der Waals surface area contributed by atoms with Crippen LogP contribution in [0.4, 0.5) is 0 Å². The third-order valence-corrected chi connectivity index (χ3v) is 6.18. The van der Waals surface area contributed by atoms with Crippen molar-refractivity contribution < 1.29 is 19.2 Å². The quantitative estimate of drug-likeness (QED) is 0.842. The van der Waals surface area contributed by atoms with Crippen molar-refractivity contribution in [1.29, 1.82) is 0 Å². The Bertz CT molecular complexity index is 869. The number of nitrogens with zero attached hydrogens (tertiary/aromatic N) is 2. The van der Waals surface area contributed by atoms with Gasteiger partial charge in [0, 0.05) is 30.1 Å². The summed E-state index contributed by atoms with van der Waals surface area (Å²) in [6.45, 7) is 0.513. The SMILES string of the molecule is COc1ccc(-c2cc(C3COB(O)C3)cnn2)c2c1OC1(CCCC1)C2. The van der Waals surface area contributed by atoms with Crippen LogP contribution in [0.15, 0.2) is 24.4 Å². The van der Waals surface area contributed by atoms with Crippen LogP contribution in [0.3, 0.4) is 0 Å². The van der Waals surface area contributed by atoms with Gasteiger partial charge < -0.3 is 19.2 Å². The number of hydrogen-bond acceptors (Lipinski definition) is 6. The molecule has 27 heavy (non-hydrogen) atoms. The van der Waals surface area contributed by atoms with E-state index in [1.54, 1.807) is 13.3 Å². The molecule has 0 radical (unpaired) electrons. The third kappa shape index (κ3) is 2.89. The summed E-state index contributed by atoms with van der Waals surface area (Å²) in [6.07, 6.45) is 7.87. The standard InChI is InChI=1S/C20H23BN2O4/c1-25-18-5-4-15(16-9-20(27-19(16)18)6-2-3-7-20)17-8-13(11-22-23-17)14-10-21(24)26-12-14/h4-5,8,11,14,24H,2-3,6-7,9-10,12H2,1H3. The average molecular weight is 366 g/mol.